The predicted molar refractivity (Wildman–Crippen MR) is 107 cm³/mol. The second-order valence-electron chi connectivity index (χ2n) is 5.77. The maximum atomic E-state index is 12.7. The molecule has 1 aromatic heterocycles. The monoisotopic (exact) mass is 365 g/mol. The minimum Gasteiger partial charge on any atom is -0.341 e. The number of nitrogens with one attached hydrogen (secondary N) is 3. The summed E-state index contributed by atoms with van der Waals surface area (Å²) in [4.78, 5) is 24.8. The van der Waals surface area contributed by atoms with E-state index in [1.165, 1.54) is 16.9 Å². The van der Waals surface area contributed by atoms with Crippen molar-refractivity contribution >= 4 is 34.6 Å². The molecule has 0 aliphatic carbocycles. The first-order valence-electron chi connectivity index (χ1n) is 8.11. The Morgan fingerprint density at radius 3 is 2.31 bits per heavy atom. The summed E-state index contributed by atoms with van der Waals surface area (Å²) in [6.07, 6.45) is 0. The molecule has 2 aromatic carbocycles. The molecule has 6 heteroatoms. The van der Waals surface area contributed by atoms with Gasteiger partial charge in [-0.25, -0.2) is 4.79 Å². The topological polar surface area (TPSA) is 70.2 Å². The predicted octanol–water partition coefficient (Wildman–Crippen LogP) is 4.73. The summed E-state index contributed by atoms with van der Waals surface area (Å²) in [6.45, 7) is 2.03. The number of rotatable bonds is 4. The number of hydrogen-bond acceptors (Lipinski definition) is 3. The molecule has 0 saturated heterocycles. The zero-order valence-corrected chi connectivity index (χ0v) is 15.3. The number of amides is 3. The van der Waals surface area contributed by atoms with E-state index >= 15 is 0 Å². The molecule has 0 aliphatic rings. The van der Waals surface area contributed by atoms with Crippen molar-refractivity contribution in [2.45, 2.75) is 6.92 Å². The van der Waals surface area contributed by atoms with Crippen LogP contribution in [-0.4, -0.2) is 19.0 Å². The van der Waals surface area contributed by atoms with Crippen LogP contribution in [0.4, 0.5) is 16.2 Å². The Bertz CT molecular complexity index is 932. The minimum atomic E-state index is -0.312. The standard InChI is InChI=1S/C20H19N3O2S/c1-13-6-8-14(9-7-13)17-10-11-26-18(17)19(24)22-15-4-3-5-16(12-15)23-20(25)21-2/h3-12H,1-2H3,(H,22,24)(H2,21,23,25). The summed E-state index contributed by atoms with van der Waals surface area (Å²) in [5.74, 6) is -0.173. The molecule has 0 saturated carbocycles. The molecule has 0 radical (unpaired) electrons. The molecular formula is C20H19N3O2S. The quantitative estimate of drug-likeness (QED) is 0.626. The summed E-state index contributed by atoms with van der Waals surface area (Å²) < 4.78 is 0. The minimum absolute atomic E-state index is 0.173. The molecule has 0 spiro atoms. The van der Waals surface area contributed by atoms with Crippen molar-refractivity contribution in [3.63, 3.8) is 0 Å². The van der Waals surface area contributed by atoms with E-state index in [1.807, 2.05) is 42.6 Å². The lowest BCUT2D eigenvalue weighted by atomic mass is 10.0. The average Bonchev–Trinajstić information content (AvgIpc) is 3.12. The molecule has 0 unspecified atom stereocenters. The molecule has 0 aliphatic heterocycles. The Hall–Kier alpha value is -3.12. The number of aryl methyl sites for hydroxylation is 1. The first kappa shape index (κ1) is 17.7. The zero-order valence-electron chi connectivity index (χ0n) is 14.5. The van der Waals surface area contributed by atoms with Crippen molar-refractivity contribution in [3.05, 3.63) is 70.4 Å². The smallest absolute Gasteiger partial charge is 0.318 e. The highest BCUT2D eigenvalue weighted by atomic mass is 32.1. The molecule has 5 nitrogen and oxygen atoms in total. The Morgan fingerprint density at radius 2 is 1.62 bits per heavy atom. The van der Waals surface area contributed by atoms with Gasteiger partial charge in [0.1, 0.15) is 0 Å². The van der Waals surface area contributed by atoms with Crippen LogP contribution in [0, 0.1) is 6.92 Å². The number of benzene rings is 2. The van der Waals surface area contributed by atoms with Crippen LogP contribution >= 0.6 is 11.3 Å². The van der Waals surface area contributed by atoms with Gasteiger partial charge in [-0.05, 0) is 42.1 Å². The lowest BCUT2D eigenvalue weighted by molar-refractivity contribution is 0.103. The van der Waals surface area contributed by atoms with Crippen LogP contribution in [0.15, 0.2) is 60.0 Å². The Morgan fingerprint density at radius 1 is 0.923 bits per heavy atom. The van der Waals surface area contributed by atoms with Gasteiger partial charge in [0.15, 0.2) is 0 Å². The van der Waals surface area contributed by atoms with Gasteiger partial charge in [-0.15, -0.1) is 11.3 Å². The van der Waals surface area contributed by atoms with Crippen LogP contribution < -0.4 is 16.0 Å². The van der Waals surface area contributed by atoms with E-state index in [2.05, 4.69) is 16.0 Å². The fourth-order valence-corrected chi connectivity index (χ4v) is 3.31. The van der Waals surface area contributed by atoms with E-state index in [1.54, 1.807) is 31.3 Å². The first-order valence-corrected chi connectivity index (χ1v) is 8.99. The second kappa shape index (κ2) is 7.84. The van der Waals surface area contributed by atoms with Gasteiger partial charge in [0.05, 0.1) is 4.88 Å². The van der Waals surface area contributed by atoms with Gasteiger partial charge in [-0.1, -0.05) is 35.9 Å². The molecule has 0 atom stereocenters. The SMILES string of the molecule is CNC(=O)Nc1cccc(NC(=O)c2sccc2-c2ccc(C)cc2)c1. The fourth-order valence-electron chi connectivity index (χ4n) is 2.50. The third-order valence-corrected chi connectivity index (χ3v) is 4.75. The maximum absolute atomic E-state index is 12.7. The van der Waals surface area contributed by atoms with Crippen LogP contribution in [0.5, 0.6) is 0 Å². The number of carbonyl (C=O) groups is 2. The lowest BCUT2D eigenvalue weighted by Crippen LogP contribution is -2.24. The summed E-state index contributed by atoms with van der Waals surface area (Å²) in [5.41, 5.74) is 4.32. The van der Waals surface area contributed by atoms with Crippen LogP contribution in [0.3, 0.4) is 0 Å². The third kappa shape index (κ3) is 4.10. The maximum Gasteiger partial charge on any atom is 0.318 e. The highest BCUT2D eigenvalue weighted by Crippen LogP contribution is 2.29. The largest absolute Gasteiger partial charge is 0.341 e. The summed E-state index contributed by atoms with van der Waals surface area (Å²) in [6, 6.07) is 16.8. The number of carbonyl (C=O) groups excluding carboxylic acids is 2. The Balaban J connectivity index is 1.79. The van der Waals surface area contributed by atoms with Gasteiger partial charge in [-0.3, -0.25) is 4.79 Å². The molecule has 0 fully saturated rings. The van der Waals surface area contributed by atoms with Crippen molar-refractivity contribution < 1.29 is 9.59 Å². The van der Waals surface area contributed by atoms with Crippen LogP contribution in [0.2, 0.25) is 0 Å². The highest BCUT2D eigenvalue weighted by Gasteiger charge is 2.15. The molecule has 3 rings (SSSR count). The van der Waals surface area contributed by atoms with Gasteiger partial charge < -0.3 is 16.0 Å². The Kier molecular flexibility index (Phi) is 5.34. The van der Waals surface area contributed by atoms with Gasteiger partial charge in [0.25, 0.3) is 5.91 Å². The molecular weight excluding hydrogens is 346 g/mol. The molecule has 26 heavy (non-hydrogen) atoms. The zero-order chi connectivity index (χ0) is 18.5. The summed E-state index contributed by atoms with van der Waals surface area (Å²) in [7, 11) is 1.55. The van der Waals surface area contributed by atoms with Crippen molar-refractivity contribution in [2.75, 3.05) is 17.7 Å². The summed E-state index contributed by atoms with van der Waals surface area (Å²) in [5, 5.41) is 9.98. The van der Waals surface area contributed by atoms with E-state index in [0.29, 0.717) is 16.3 Å². The lowest BCUT2D eigenvalue weighted by Gasteiger charge is -2.09. The molecule has 1 heterocycles. The van der Waals surface area contributed by atoms with E-state index in [0.717, 1.165) is 11.1 Å². The van der Waals surface area contributed by atoms with E-state index < -0.39 is 0 Å². The van der Waals surface area contributed by atoms with Crippen molar-refractivity contribution in [3.8, 4) is 11.1 Å². The highest BCUT2D eigenvalue weighted by molar-refractivity contribution is 7.12. The average molecular weight is 365 g/mol. The van der Waals surface area contributed by atoms with Gasteiger partial charge >= 0.3 is 6.03 Å². The fraction of sp³-hybridized carbons (Fsp3) is 0.100. The molecule has 132 valence electrons. The van der Waals surface area contributed by atoms with Crippen molar-refractivity contribution in [2.24, 2.45) is 0 Å². The number of thiophene rings is 1. The number of anilines is 2. The molecule has 0 bridgehead atoms. The van der Waals surface area contributed by atoms with E-state index in [4.69, 9.17) is 0 Å². The van der Waals surface area contributed by atoms with Crippen LogP contribution in [0.1, 0.15) is 15.2 Å². The van der Waals surface area contributed by atoms with Crippen LogP contribution in [-0.2, 0) is 0 Å². The van der Waals surface area contributed by atoms with Crippen LogP contribution in [0.25, 0.3) is 11.1 Å². The third-order valence-electron chi connectivity index (χ3n) is 3.84. The van der Waals surface area contributed by atoms with Gasteiger partial charge in [-0.2, -0.15) is 0 Å². The molecule has 3 N–H and O–H groups in total. The van der Waals surface area contributed by atoms with Crippen molar-refractivity contribution in [1.29, 1.82) is 0 Å². The van der Waals surface area contributed by atoms with Gasteiger partial charge in [0, 0.05) is 24.0 Å². The van der Waals surface area contributed by atoms with Crippen molar-refractivity contribution in [1.82, 2.24) is 5.32 Å². The number of urea groups is 1. The summed E-state index contributed by atoms with van der Waals surface area (Å²) >= 11 is 1.40. The normalized spacial score (nSPS) is 10.2. The van der Waals surface area contributed by atoms with Gasteiger partial charge in [0.2, 0.25) is 0 Å². The number of hydrogen-bond donors (Lipinski definition) is 3. The molecule has 3 aromatic rings. The molecule has 3 amide bonds. The second-order valence-corrected chi connectivity index (χ2v) is 6.68. The van der Waals surface area contributed by atoms with E-state index in [-0.39, 0.29) is 11.9 Å². The first-order chi connectivity index (χ1) is 12.6. The van der Waals surface area contributed by atoms with E-state index in [9.17, 15) is 9.59 Å². The Labute approximate surface area is 156 Å².